The Labute approximate surface area is 196 Å². The molecule has 7 nitrogen and oxygen atoms in total. The summed E-state index contributed by atoms with van der Waals surface area (Å²) in [5.74, 6) is 1.29. The summed E-state index contributed by atoms with van der Waals surface area (Å²) in [6.07, 6.45) is 7.26. The van der Waals surface area contributed by atoms with Crippen molar-refractivity contribution in [3.05, 3.63) is 30.0 Å². The molecular weight excluding hydrogens is 416 g/mol. The summed E-state index contributed by atoms with van der Waals surface area (Å²) in [4.78, 5) is 33.0. The number of aromatic nitrogens is 1. The Morgan fingerprint density at radius 1 is 1.12 bits per heavy atom. The van der Waals surface area contributed by atoms with Crippen molar-refractivity contribution < 1.29 is 14.3 Å². The van der Waals surface area contributed by atoms with Crippen LogP contribution in [0.5, 0.6) is 5.75 Å². The molecule has 3 heterocycles. The van der Waals surface area contributed by atoms with Gasteiger partial charge in [0.05, 0.1) is 7.11 Å². The van der Waals surface area contributed by atoms with Gasteiger partial charge in [0.15, 0.2) is 0 Å². The fraction of sp³-hybridized carbons (Fsp3) is 0.615. The number of carbonyl (C=O) groups excluding carboxylic acids is 2. The molecule has 0 saturated carbocycles. The number of benzene rings is 1. The van der Waals surface area contributed by atoms with Crippen molar-refractivity contribution in [2.24, 2.45) is 5.92 Å². The third-order valence-corrected chi connectivity index (χ3v) is 7.32. The van der Waals surface area contributed by atoms with Gasteiger partial charge in [-0.3, -0.25) is 9.59 Å². The Kier molecular flexibility index (Phi) is 7.91. The van der Waals surface area contributed by atoms with Crippen molar-refractivity contribution in [1.82, 2.24) is 20.1 Å². The summed E-state index contributed by atoms with van der Waals surface area (Å²) in [5, 5.41) is 4.11. The van der Waals surface area contributed by atoms with E-state index in [2.05, 4.69) is 22.1 Å². The van der Waals surface area contributed by atoms with Crippen molar-refractivity contribution in [1.29, 1.82) is 0 Å². The highest BCUT2D eigenvalue weighted by atomic mass is 16.5. The van der Waals surface area contributed by atoms with Gasteiger partial charge in [-0.05, 0) is 69.7 Å². The first kappa shape index (κ1) is 23.6. The SMILES string of the molecule is COc1ccc2cc(C(=O)N3CCC(CC(=O)NCCCN4CCCCC4C)CC3)[nH]c2c1. The van der Waals surface area contributed by atoms with E-state index in [0.717, 1.165) is 49.0 Å². The summed E-state index contributed by atoms with van der Waals surface area (Å²) >= 11 is 0. The molecule has 0 bridgehead atoms. The lowest BCUT2D eigenvalue weighted by Crippen LogP contribution is -2.40. The molecule has 4 rings (SSSR count). The molecule has 2 fully saturated rings. The van der Waals surface area contributed by atoms with Crippen LogP contribution in [0, 0.1) is 5.92 Å². The molecular formula is C26H38N4O3. The molecule has 2 saturated heterocycles. The number of piperidine rings is 2. The Hall–Kier alpha value is -2.54. The van der Waals surface area contributed by atoms with Crippen molar-refractivity contribution in [3.63, 3.8) is 0 Å². The van der Waals surface area contributed by atoms with Crippen LogP contribution in [0.15, 0.2) is 24.3 Å². The number of ether oxygens (including phenoxy) is 1. The molecule has 7 heteroatoms. The highest BCUT2D eigenvalue weighted by Crippen LogP contribution is 2.25. The van der Waals surface area contributed by atoms with Crippen LogP contribution in [-0.4, -0.2) is 72.5 Å². The van der Waals surface area contributed by atoms with Gasteiger partial charge in [0, 0.05) is 55.6 Å². The van der Waals surface area contributed by atoms with E-state index in [4.69, 9.17) is 4.74 Å². The zero-order chi connectivity index (χ0) is 23.2. The molecule has 0 radical (unpaired) electrons. The number of likely N-dealkylation sites (tertiary alicyclic amines) is 2. The number of methoxy groups -OCH3 is 1. The molecule has 2 aromatic rings. The van der Waals surface area contributed by atoms with E-state index in [9.17, 15) is 9.59 Å². The fourth-order valence-corrected chi connectivity index (χ4v) is 5.19. The molecule has 180 valence electrons. The topological polar surface area (TPSA) is 77.7 Å². The number of carbonyl (C=O) groups is 2. The highest BCUT2D eigenvalue weighted by Gasteiger charge is 2.26. The van der Waals surface area contributed by atoms with Crippen molar-refractivity contribution >= 4 is 22.7 Å². The van der Waals surface area contributed by atoms with Gasteiger partial charge in [-0.25, -0.2) is 0 Å². The van der Waals surface area contributed by atoms with Gasteiger partial charge in [0.1, 0.15) is 11.4 Å². The molecule has 1 aromatic heterocycles. The van der Waals surface area contributed by atoms with Gasteiger partial charge >= 0.3 is 0 Å². The maximum absolute atomic E-state index is 13.0. The minimum atomic E-state index is 0.0278. The third-order valence-electron chi connectivity index (χ3n) is 7.32. The highest BCUT2D eigenvalue weighted by molar-refractivity contribution is 5.98. The van der Waals surface area contributed by atoms with Crippen molar-refractivity contribution in [3.8, 4) is 5.75 Å². The first-order chi connectivity index (χ1) is 16.0. The normalized spacial score (nSPS) is 20.2. The summed E-state index contributed by atoms with van der Waals surface area (Å²) in [6, 6.07) is 8.34. The van der Waals surface area contributed by atoms with Crippen LogP contribution < -0.4 is 10.1 Å². The maximum atomic E-state index is 13.0. The van der Waals surface area contributed by atoms with Crippen LogP contribution in [0.3, 0.4) is 0 Å². The first-order valence-electron chi connectivity index (χ1n) is 12.5. The molecule has 0 spiro atoms. The number of rotatable bonds is 8. The van der Waals surface area contributed by atoms with E-state index in [1.807, 2.05) is 29.2 Å². The van der Waals surface area contributed by atoms with Crippen LogP contribution >= 0.6 is 0 Å². The predicted octanol–water partition coefficient (Wildman–Crippen LogP) is 3.80. The number of amides is 2. The molecule has 2 N–H and O–H groups in total. The van der Waals surface area contributed by atoms with E-state index in [-0.39, 0.29) is 11.8 Å². The minimum Gasteiger partial charge on any atom is -0.497 e. The van der Waals surface area contributed by atoms with E-state index in [1.54, 1.807) is 7.11 Å². The van der Waals surface area contributed by atoms with E-state index < -0.39 is 0 Å². The van der Waals surface area contributed by atoms with Gasteiger partial charge in [0.2, 0.25) is 5.91 Å². The standard InChI is InChI=1S/C26H38N4O3/c1-19-6-3-4-12-29(19)13-5-11-27-25(31)16-20-9-14-30(15-10-20)26(32)24-17-21-7-8-22(33-2)18-23(21)28-24/h7-8,17-20,28H,3-6,9-16H2,1-2H3,(H,27,31). The van der Waals surface area contributed by atoms with Crippen molar-refractivity contribution in [2.45, 2.75) is 57.9 Å². The number of hydrogen-bond donors (Lipinski definition) is 2. The van der Waals surface area contributed by atoms with E-state index in [0.29, 0.717) is 37.2 Å². The molecule has 1 aromatic carbocycles. The van der Waals surface area contributed by atoms with Crippen LogP contribution in [-0.2, 0) is 4.79 Å². The average Bonchev–Trinajstić information content (AvgIpc) is 3.26. The summed E-state index contributed by atoms with van der Waals surface area (Å²) in [5.41, 5.74) is 1.51. The quantitative estimate of drug-likeness (QED) is 0.595. The number of nitrogens with zero attached hydrogens (tertiary/aromatic N) is 2. The maximum Gasteiger partial charge on any atom is 0.270 e. The number of fused-ring (bicyclic) bond motifs is 1. The Bertz CT molecular complexity index is 948. The lowest BCUT2D eigenvalue weighted by molar-refractivity contribution is -0.122. The minimum absolute atomic E-state index is 0.0278. The predicted molar refractivity (Wildman–Crippen MR) is 131 cm³/mol. The molecule has 0 aliphatic carbocycles. The number of nitrogens with one attached hydrogen (secondary N) is 2. The van der Waals surface area contributed by atoms with Gasteiger partial charge in [0.25, 0.3) is 5.91 Å². The van der Waals surface area contributed by atoms with Gasteiger partial charge in [-0.15, -0.1) is 0 Å². The second-order valence-electron chi connectivity index (χ2n) is 9.66. The molecule has 1 unspecified atom stereocenters. The van der Waals surface area contributed by atoms with Crippen molar-refractivity contribution in [2.75, 3.05) is 39.8 Å². The summed E-state index contributed by atoms with van der Waals surface area (Å²) in [7, 11) is 1.64. The lowest BCUT2D eigenvalue weighted by Gasteiger charge is -2.33. The first-order valence-corrected chi connectivity index (χ1v) is 12.5. The molecule has 2 amide bonds. The van der Waals surface area contributed by atoms with Gasteiger partial charge in [-0.1, -0.05) is 6.42 Å². The van der Waals surface area contributed by atoms with Gasteiger partial charge in [-0.2, -0.15) is 0 Å². The van der Waals surface area contributed by atoms with E-state index >= 15 is 0 Å². The zero-order valence-electron chi connectivity index (χ0n) is 20.1. The molecule has 1 atom stereocenters. The lowest BCUT2D eigenvalue weighted by atomic mass is 9.93. The second-order valence-corrected chi connectivity index (χ2v) is 9.66. The molecule has 33 heavy (non-hydrogen) atoms. The second kappa shape index (κ2) is 11.1. The van der Waals surface area contributed by atoms with Crippen LogP contribution in [0.1, 0.15) is 62.4 Å². The Morgan fingerprint density at radius 3 is 2.70 bits per heavy atom. The largest absolute Gasteiger partial charge is 0.497 e. The number of H-pyrrole nitrogens is 1. The Morgan fingerprint density at radius 2 is 1.94 bits per heavy atom. The Balaban J connectivity index is 1.17. The molecule has 2 aliphatic heterocycles. The third kappa shape index (κ3) is 6.08. The van der Waals surface area contributed by atoms with Crippen LogP contribution in [0.25, 0.3) is 10.9 Å². The van der Waals surface area contributed by atoms with Crippen LogP contribution in [0.2, 0.25) is 0 Å². The van der Waals surface area contributed by atoms with E-state index in [1.165, 1.54) is 25.8 Å². The monoisotopic (exact) mass is 454 g/mol. The number of hydrogen-bond acceptors (Lipinski definition) is 4. The van der Waals surface area contributed by atoms with Gasteiger partial charge < -0.3 is 24.8 Å². The summed E-state index contributed by atoms with van der Waals surface area (Å²) in [6.45, 7) is 6.72. The van der Waals surface area contributed by atoms with Crippen LogP contribution in [0.4, 0.5) is 0 Å². The average molecular weight is 455 g/mol. The zero-order valence-corrected chi connectivity index (χ0v) is 20.1. The smallest absolute Gasteiger partial charge is 0.270 e. The summed E-state index contributed by atoms with van der Waals surface area (Å²) < 4.78 is 5.26. The fourth-order valence-electron chi connectivity index (χ4n) is 5.19. The number of aromatic amines is 1. The molecule has 2 aliphatic rings.